The van der Waals surface area contributed by atoms with Gasteiger partial charge in [-0.1, -0.05) is 23.7 Å². The van der Waals surface area contributed by atoms with Crippen LogP contribution in [0.2, 0.25) is 5.02 Å². The summed E-state index contributed by atoms with van der Waals surface area (Å²) in [5, 5.41) is -0.173. The Balaban J connectivity index is 2.90. The van der Waals surface area contributed by atoms with Crippen molar-refractivity contribution in [1.29, 1.82) is 0 Å². The Hall–Kier alpha value is -1.49. The van der Waals surface area contributed by atoms with Gasteiger partial charge in [0, 0.05) is 0 Å². The Morgan fingerprint density at radius 1 is 1.41 bits per heavy atom. The van der Waals surface area contributed by atoms with Crippen molar-refractivity contribution >= 4 is 23.5 Å². The molecule has 17 heavy (non-hydrogen) atoms. The van der Waals surface area contributed by atoms with Crippen LogP contribution in [-0.4, -0.2) is 12.1 Å². The zero-order valence-electron chi connectivity index (χ0n) is 8.72. The summed E-state index contributed by atoms with van der Waals surface area (Å²) in [6, 6.07) is 3.74. The maximum Gasteiger partial charge on any atom is 0.573 e. The fraction of sp³-hybridized carbons (Fsp3) is 0.182. The van der Waals surface area contributed by atoms with E-state index in [1.165, 1.54) is 31.2 Å². The van der Waals surface area contributed by atoms with E-state index in [0.29, 0.717) is 5.56 Å². The van der Waals surface area contributed by atoms with Gasteiger partial charge >= 0.3 is 6.36 Å². The molecule has 0 bridgehead atoms. The topological polar surface area (TPSA) is 26.3 Å². The number of allylic oxidation sites excluding steroid dienone is 1. The summed E-state index contributed by atoms with van der Waals surface area (Å²) in [7, 11) is 0. The van der Waals surface area contributed by atoms with Gasteiger partial charge in [-0.2, -0.15) is 0 Å². The Morgan fingerprint density at radius 3 is 2.53 bits per heavy atom. The third kappa shape index (κ3) is 4.91. The maximum atomic E-state index is 11.9. The van der Waals surface area contributed by atoms with Crippen LogP contribution in [0.5, 0.6) is 5.75 Å². The lowest BCUT2D eigenvalue weighted by atomic mass is 10.2. The SMILES string of the molecule is CC(=O)/C=C/c1ccc(OC(F)(F)F)c(Cl)c1. The quantitative estimate of drug-likeness (QED) is 0.776. The van der Waals surface area contributed by atoms with Crippen molar-refractivity contribution in [3.05, 3.63) is 34.9 Å². The Bertz CT molecular complexity index is 453. The summed E-state index contributed by atoms with van der Waals surface area (Å²) in [4.78, 5) is 10.7. The molecule has 0 saturated carbocycles. The molecule has 0 unspecified atom stereocenters. The highest BCUT2D eigenvalue weighted by Crippen LogP contribution is 2.30. The van der Waals surface area contributed by atoms with Crippen molar-refractivity contribution in [3.8, 4) is 5.75 Å². The Kier molecular flexibility index (Phi) is 4.17. The van der Waals surface area contributed by atoms with Crippen molar-refractivity contribution in [2.45, 2.75) is 13.3 Å². The molecule has 0 aromatic heterocycles. The molecule has 0 aliphatic carbocycles. The summed E-state index contributed by atoms with van der Waals surface area (Å²) in [6.45, 7) is 1.36. The smallest absolute Gasteiger partial charge is 0.404 e. The van der Waals surface area contributed by atoms with Crippen LogP contribution < -0.4 is 4.74 Å². The number of carbonyl (C=O) groups is 1. The number of benzene rings is 1. The van der Waals surface area contributed by atoms with Crippen LogP contribution in [-0.2, 0) is 4.79 Å². The molecular weight excluding hydrogens is 257 g/mol. The number of ketones is 1. The average Bonchev–Trinajstić information content (AvgIpc) is 2.17. The van der Waals surface area contributed by atoms with Crippen LogP contribution in [0.15, 0.2) is 24.3 Å². The lowest BCUT2D eigenvalue weighted by molar-refractivity contribution is -0.274. The molecule has 0 fully saturated rings. The number of carbonyl (C=O) groups excluding carboxylic acids is 1. The number of halogens is 4. The van der Waals surface area contributed by atoms with Crippen LogP contribution in [0.3, 0.4) is 0 Å². The predicted octanol–water partition coefficient (Wildman–Crippen LogP) is 3.84. The van der Waals surface area contributed by atoms with Crippen LogP contribution >= 0.6 is 11.6 Å². The molecular formula is C11H8ClF3O2. The van der Waals surface area contributed by atoms with Gasteiger partial charge in [-0.25, -0.2) is 0 Å². The molecule has 0 saturated heterocycles. The number of ether oxygens (including phenoxy) is 1. The molecule has 92 valence electrons. The fourth-order valence-electron chi connectivity index (χ4n) is 1.04. The van der Waals surface area contributed by atoms with E-state index in [9.17, 15) is 18.0 Å². The number of hydrogen-bond acceptors (Lipinski definition) is 2. The van der Waals surface area contributed by atoms with Crippen molar-refractivity contribution < 1.29 is 22.7 Å². The number of hydrogen-bond donors (Lipinski definition) is 0. The minimum absolute atomic E-state index is 0.170. The summed E-state index contributed by atoms with van der Waals surface area (Å²) in [5.74, 6) is -0.643. The molecule has 0 heterocycles. The average molecular weight is 265 g/mol. The van der Waals surface area contributed by atoms with E-state index in [-0.39, 0.29) is 10.8 Å². The maximum absolute atomic E-state index is 11.9. The number of rotatable bonds is 3. The third-order valence-electron chi connectivity index (χ3n) is 1.69. The minimum Gasteiger partial charge on any atom is -0.404 e. The zero-order valence-corrected chi connectivity index (χ0v) is 9.47. The van der Waals surface area contributed by atoms with Crippen LogP contribution in [0.25, 0.3) is 6.08 Å². The third-order valence-corrected chi connectivity index (χ3v) is 1.99. The molecule has 1 aromatic carbocycles. The molecule has 0 N–H and O–H groups in total. The zero-order chi connectivity index (χ0) is 13.1. The molecule has 1 aromatic rings. The first kappa shape index (κ1) is 13.6. The largest absolute Gasteiger partial charge is 0.573 e. The molecule has 6 heteroatoms. The van der Waals surface area contributed by atoms with Gasteiger partial charge in [0.25, 0.3) is 0 Å². The molecule has 0 aliphatic heterocycles. The van der Waals surface area contributed by atoms with E-state index in [1.54, 1.807) is 0 Å². The highest BCUT2D eigenvalue weighted by Gasteiger charge is 2.31. The van der Waals surface area contributed by atoms with Gasteiger partial charge in [0.1, 0.15) is 5.75 Å². The van der Waals surface area contributed by atoms with E-state index in [0.717, 1.165) is 6.07 Å². The van der Waals surface area contributed by atoms with Crippen molar-refractivity contribution in [3.63, 3.8) is 0 Å². The summed E-state index contributed by atoms with van der Waals surface area (Å²) in [5.41, 5.74) is 0.514. The van der Waals surface area contributed by atoms with E-state index < -0.39 is 12.1 Å². The van der Waals surface area contributed by atoms with Gasteiger partial charge in [0.15, 0.2) is 5.78 Å². The molecule has 0 spiro atoms. The lowest BCUT2D eigenvalue weighted by Gasteiger charge is -2.10. The second-order valence-electron chi connectivity index (χ2n) is 3.18. The first-order valence-electron chi connectivity index (χ1n) is 4.52. The standard InChI is InChI=1S/C11H8ClF3O2/c1-7(16)2-3-8-4-5-10(9(12)6-8)17-11(13,14)15/h2-6H,1H3/b3-2+. The van der Waals surface area contributed by atoms with Gasteiger partial charge in [-0.15, -0.1) is 13.2 Å². The second kappa shape index (κ2) is 5.23. The van der Waals surface area contributed by atoms with Gasteiger partial charge in [0.05, 0.1) is 5.02 Å². The summed E-state index contributed by atoms with van der Waals surface area (Å²) < 4.78 is 39.5. The van der Waals surface area contributed by atoms with Crippen LogP contribution in [0.1, 0.15) is 12.5 Å². The van der Waals surface area contributed by atoms with E-state index in [4.69, 9.17) is 11.6 Å². The second-order valence-corrected chi connectivity index (χ2v) is 3.59. The first-order chi connectivity index (χ1) is 7.78. The first-order valence-corrected chi connectivity index (χ1v) is 4.89. The monoisotopic (exact) mass is 264 g/mol. The summed E-state index contributed by atoms with van der Waals surface area (Å²) in [6.07, 6.45) is -2.04. The van der Waals surface area contributed by atoms with Crippen LogP contribution in [0.4, 0.5) is 13.2 Å². The summed E-state index contributed by atoms with van der Waals surface area (Å²) >= 11 is 5.61. The Labute approximate surface area is 101 Å². The van der Waals surface area contributed by atoms with Gasteiger partial charge in [-0.3, -0.25) is 4.79 Å². The van der Waals surface area contributed by atoms with Crippen molar-refractivity contribution in [1.82, 2.24) is 0 Å². The van der Waals surface area contributed by atoms with Crippen molar-refractivity contribution in [2.24, 2.45) is 0 Å². The van der Waals surface area contributed by atoms with Crippen molar-refractivity contribution in [2.75, 3.05) is 0 Å². The van der Waals surface area contributed by atoms with E-state index in [2.05, 4.69) is 4.74 Å². The lowest BCUT2D eigenvalue weighted by Crippen LogP contribution is -2.17. The molecule has 0 atom stereocenters. The van der Waals surface area contributed by atoms with E-state index >= 15 is 0 Å². The molecule has 0 amide bonds. The van der Waals surface area contributed by atoms with Gasteiger partial charge in [0.2, 0.25) is 0 Å². The molecule has 1 rings (SSSR count). The predicted molar refractivity (Wildman–Crippen MR) is 57.9 cm³/mol. The fourth-order valence-corrected chi connectivity index (χ4v) is 1.27. The highest BCUT2D eigenvalue weighted by molar-refractivity contribution is 6.32. The van der Waals surface area contributed by atoms with E-state index in [1.807, 2.05) is 0 Å². The molecule has 0 aliphatic rings. The van der Waals surface area contributed by atoms with Gasteiger partial charge in [-0.05, 0) is 30.7 Å². The molecule has 0 radical (unpaired) electrons. The molecule has 2 nitrogen and oxygen atoms in total. The van der Waals surface area contributed by atoms with Gasteiger partial charge < -0.3 is 4.74 Å². The van der Waals surface area contributed by atoms with Crippen LogP contribution in [0, 0.1) is 0 Å². The normalized spacial score (nSPS) is 11.8. The highest BCUT2D eigenvalue weighted by atomic mass is 35.5. The Morgan fingerprint density at radius 2 is 2.06 bits per heavy atom. The number of alkyl halides is 3. The minimum atomic E-state index is -4.78.